The highest BCUT2D eigenvalue weighted by Gasteiger charge is 2.26. The topological polar surface area (TPSA) is 59.1 Å². The number of piperidine rings is 1. The molecule has 0 aromatic carbocycles. The van der Waals surface area contributed by atoms with E-state index < -0.39 is 0 Å². The number of nitrogens with zero attached hydrogens (tertiary/aromatic N) is 1. The summed E-state index contributed by atoms with van der Waals surface area (Å²) in [5.74, 6) is -0.00670. The first-order chi connectivity index (χ1) is 8.56. The van der Waals surface area contributed by atoms with E-state index in [4.69, 9.17) is 0 Å². The molecule has 2 heterocycles. The van der Waals surface area contributed by atoms with Crippen molar-refractivity contribution in [3.63, 3.8) is 0 Å². The van der Waals surface area contributed by atoms with Crippen LogP contribution in [0.2, 0.25) is 0 Å². The highest BCUT2D eigenvalue weighted by molar-refractivity contribution is 5.98. The Balaban J connectivity index is 2.01. The maximum Gasteiger partial charge on any atom is 0.230 e. The van der Waals surface area contributed by atoms with Gasteiger partial charge in [0.25, 0.3) is 0 Å². The van der Waals surface area contributed by atoms with Gasteiger partial charge >= 0.3 is 0 Å². The molecule has 1 aromatic heterocycles. The van der Waals surface area contributed by atoms with Crippen molar-refractivity contribution in [3.8, 4) is 0 Å². The maximum atomic E-state index is 11.6. The molecule has 2 amide bonds. The van der Waals surface area contributed by atoms with Crippen LogP contribution < -0.4 is 5.32 Å². The lowest BCUT2D eigenvalue weighted by Gasteiger charge is -2.20. The molecule has 1 fully saturated rings. The van der Waals surface area contributed by atoms with E-state index in [0.29, 0.717) is 25.2 Å². The first-order valence-electron chi connectivity index (χ1n) is 6.35. The number of nitrogens with one attached hydrogen (secondary N) is 1. The van der Waals surface area contributed by atoms with Gasteiger partial charge in [-0.15, -0.1) is 0 Å². The molecule has 1 aliphatic rings. The van der Waals surface area contributed by atoms with Gasteiger partial charge in [0.05, 0.1) is 0 Å². The van der Waals surface area contributed by atoms with Crippen LogP contribution in [0.3, 0.4) is 0 Å². The van der Waals surface area contributed by atoms with E-state index in [0.717, 1.165) is 11.3 Å². The number of hydrogen-bond donors (Lipinski definition) is 1. The van der Waals surface area contributed by atoms with Crippen molar-refractivity contribution in [2.75, 3.05) is 0 Å². The van der Waals surface area contributed by atoms with Crippen molar-refractivity contribution in [1.29, 1.82) is 0 Å². The van der Waals surface area contributed by atoms with Crippen molar-refractivity contribution in [2.24, 2.45) is 5.92 Å². The van der Waals surface area contributed by atoms with E-state index >= 15 is 0 Å². The molecule has 4 nitrogen and oxygen atoms in total. The average Bonchev–Trinajstić information content (AvgIpc) is 2.33. The molecule has 1 unspecified atom stereocenters. The summed E-state index contributed by atoms with van der Waals surface area (Å²) in [7, 11) is 0. The van der Waals surface area contributed by atoms with Gasteiger partial charge in [-0.1, -0.05) is 19.9 Å². The predicted octanol–water partition coefficient (Wildman–Crippen LogP) is 1.80. The minimum Gasteiger partial charge on any atom is -0.296 e. The van der Waals surface area contributed by atoms with E-state index in [1.54, 1.807) is 0 Å². The average molecular weight is 246 g/mol. The molecule has 1 aromatic rings. The molecule has 0 radical (unpaired) electrons. The lowest BCUT2D eigenvalue weighted by atomic mass is 9.91. The van der Waals surface area contributed by atoms with Crippen molar-refractivity contribution in [1.82, 2.24) is 10.3 Å². The van der Waals surface area contributed by atoms with Gasteiger partial charge in [0.15, 0.2) is 0 Å². The van der Waals surface area contributed by atoms with Gasteiger partial charge in [0, 0.05) is 24.2 Å². The van der Waals surface area contributed by atoms with Crippen LogP contribution in [0, 0.1) is 5.92 Å². The molecular weight excluding hydrogens is 228 g/mol. The van der Waals surface area contributed by atoms with Gasteiger partial charge in [-0.05, 0) is 30.4 Å². The van der Waals surface area contributed by atoms with Crippen molar-refractivity contribution < 1.29 is 9.59 Å². The molecular formula is C14H18N2O2. The summed E-state index contributed by atoms with van der Waals surface area (Å²) in [5.41, 5.74) is 2.11. The first kappa shape index (κ1) is 12.7. The molecule has 1 atom stereocenters. The van der Waals surface area contributed by atoms with Crippen LogP contribution in [0.4, 0.5) is 0 Å². The summed E-state index contributed by atoms with van der Waals surface area (Å²) in [4.78, 5) is 27.1. The fourth-order valence-electron chi connectivity index (χ4n) is 2.12. The van der Waals surface area contributed by atoms with Crippen LogP contribution in [0.1, 0.15) is 43.9 Å². The summed E-state index contributed by atoms with van der Waals surface area (Å²) >= 11 is 0. The van der Waals surface area contributed by atoms with Gasteiger partial charge in [-0.3, -0.25) is 19.9 Å². The van der Waals surface area contributed by atoms with Crippen LogP contribution in [0.15, 0.2) is 18.3 Å². The Morgan fingerprint density at radius 3 is 2.72 bits per heavy atom. The van der Waals surface area contributed by atoms with Gasteiger partial charge in [0.2, 0.25) is 11.8 Å². The lowest BCUT2D eigenvalue weighted by Crippen LogP contribution is -2.41. The van der Waals surface area contributed by atoms with Crippen LogP contribution >= 0.6 is 0 Å². The number of hydrogen-bond acceptors (Lipinski definition) is 3. The number of rotatable bonds is 3. The molecule has 96 valence electrons. The third kappa shape index (κ3) is 2.94. The number of carbonyl (C=O) groups excluding carboxylic acids is 2. The Hall–Kier alpha value is -1.71. The van der Waals surface area contributed by atoms with Crippen molar-refractivity contribution in [3.05, 3.63) is 29.6 Å². The molecule has 1 saturated heterocycles. The van der Waals surface area contributed by atoms with Crippen molar-refractivity contribution >= 4 is 11.8 Å². The molecule has 4 heteroatoms. The SMILES string of the molecule is CC(C)c1ccc(CC2CCC(=O)NC2=O)cn1. The van der Waals surface area contributed by atoms with E-state index in [1.807, 2.05) is 18.3 Å². The fraction of sp³-hybridized carbons (Fsp3) is 0.500. The minimum atomic E-state index is -0.162. The van der Waals surface area contributed by atoms with Crippen LogP contribution in [0.5, 0.6) is 0 Å². The van der Waals surface area contributed by atoms with E-state index in [2.05, 4.69) is 24.1 Å². The van der Waals surface area contributed by atoms with Crippen LogP contribution in [-0.4, -0.2) is 16.8 Å². The normalized spacial score (nSPS) is 20.1. The standard InChI is InChI=1S/C14H18N2O2/c1-9(2)12-5-3-10(8-15-12)7-11-4-6-13(17)16-14(11)18/h3,5,8-9,11H,4,6-7H2,1-2H3,(H,16,17,18). The Labute approximate surface area is 107 Å². The molecule has 1 N–H and O–H groups in total. The largest absolute Gasteiger partial charge is 0.296 e. The Morgan fingerprint density at radius 1 is 1.39 bits per heavy atom. The predicted molar refractivity (Wildman–Crippen MR) is 67.9 cm³/mol. The zero-order valence-electron chi connectivity index (χ0n) is 10.8. The maximum absolute atomic E-state index is 11.6. The van der Waals surface area contributed by atoms with Crippen LogP contribution in [-0.2, 0) is 16.0 Å². The third-order valence-corrected chi connectivity index (χ3v) is 3.27. The number of aromatic nitrogens is 1. The molecule has 0 saturated carbocycles. The van der Waals surface area contributed by atoms with E-state index in [1.165, 1.54) is 0 Å². The molecule has 0 aliphatic carbocycles. The number of imide groups is 1. The van der Waals surface area contributed by atoms with Crippen LogP contribution in [0.25, 0.3) is 0 Å². The monoisotopic (exact) mass is 246 g/mol. The highest BCUT2D eigenvalue weighted by Crippen LogP contribution is 2.19. The second-order valence-electron chi connectivity index (χ2n) is 5.10. The second-order valence-corrected chi connectivity index (χ2v) is 5.10. The van der Waals surface area contributed by atoms with E-state index in [9.17, 15) is 9.59 Å². The summed E-state index contributed by atoms with van der Waals surface area (Å²) in [6.07, 6.45) is 3.56. The Bertz CT molecular complexity index is 451. The molecule has 2 rings (SSSR count). The fourth-order valence-corrected chi connectivity index (χ4v) is 2.12. The minimum absolute atomic E-state index is 0.102. The van der Waals surface area contributed by atoms with Crippen molar-refractivity contribution in [2.45, 2.75) is 39.0 Å². The zero-order valence-corrected chi connectivity index (χ0v) is 10.8. The summed E-state index contributed by atoms with van der Waals surface area (Å²) in [5, 5.41) is 2.38. The molecule has 0 bridgehead atoms. The number of amides is 2. The van der Waals surface area contributed by atoms with E-state index in [-0.39, 0.29) is 17.7 Å². The number of carbonyl (C=O) groups is 2. The third-order valence-electron chi connectivity index (χ3n) is 3.27. The van der Waals surface area contributed by atoms with Gasteiger partial charge < -0.3 is 0 Å². The lowest BCUT2D eigenvalue weighted by molar-refractivity contribution is -0.136. The highest BCUT2D eigenvalue weighted by atomic mass is 16.2. The Kier molecular flexibility index (Phi) is 3.75. The summed E-state index contributed by atoms with van der Waals surface area (Å²) in [6.45, 7) is 4.20. The summed E-state index contributed by atoms with van der Waals surface area (Å²) in [6, 6.07) is 4.03. The second kappa shape index (κ2) is 5.29. The Morgan fingerprint density at radius 2 is 2.17 bits per heavy atom. The number of pyridine rings is 1. The smallest absolute Gasteiger partial charge is 0.230 e. The zero-order chi connectivity index (χ0) is 13.1. The molecule has 0 spiro atoms. The van der Waals surface area contributed by atoms with Gasteiger partial charge in [-0.25, -0.2) is 0 Å². The quantitative estimate of drug-likeness (QED) is 0.827. The van der Waals surface area contributed by atoms with Gasteiger partial charge in [0.1, 0.15) is 0 Å². The summed E-state index contributed by atoms with van der Waals surface area (Å²) < 4.78 is 0. The molecule has 1 aliphatic heterocycles. The molecule has 18 heavy (non-hydrogen) atoms. The first-order valence-corrected chi connectivity index (χ1v) is 6.35. The van der Waals surface area contributed by atoms with Gasteiger partial charge in [-0.2, -0.15) is 0 Å².